The van der Waals surface area contributed by atoms with E-state index in [1.807, 2.05) is 0 Å². The van der Waals surface area contributed by atoms with Gasteiger partial charge in [0.1, 0.15) is 11.4 Å². The molecule has 0 aliphatic heterocycles. The van der Waals surface area contributed by atoms with Gasteiger partial charge < -0.3 is 10.2 Å². The van der Waals surface area contributed by atoms with Crippen molar-refractivity contribution >= 4 is 5.97 Å². The number of aryl methyl sites for hydroxylation is 1. The SMILES string of the molecule is Cc1ccccc1-n1c(C(=O)O)cc(O)cc1=O. The predicted octanol–water partition coefficient (Wildman–Crippen LogP) is 1.55. The van der Waals surface area contributed by atoms with Gasteiger partial charge in [0.05, 0.1) is 5.69 Å². The number of pyridine rings is 1. The molecule has 18 heavy (non-hydrogen) atoms. The van der Waals surface area contributed by atoms with Gasteiger partial charge >= 0.3 is 5.97 Å². The summed E-state index contributed by atoms with van der Waals surface area (Å²) in [5.41, 5.74) is 0.406. The van der Waals surface area contributed by atoms with Gasteiger partial charge in [-0.15, -0.1) is 0 Å². The van der Waals surface area contributed by atoms with Crippen molar-refractivity contribution in [1.29, 1.82) is 0 Å². The first-order valence-corrected chi connectivity index (χ1v) is 5.26. The molecule has 5 heteroatoms. The Bertz CT molecular complexity index is 673. The molecule has 2 N–H and O–H groups in total. The molecule has 0 saturated heterocycles. The number of hydrogen-bond donors (Lipinski definition) is 2. The van der Waals surface area contributed by atoms with Gasteiger partial charge in [0.2, 0.25) is 0 Å². The fourth-order valence-corrected chi connectivity index (χ4v) is 1.78. The van der Waals surface area contributed by atoms with Crippen LogP contribution in [0.1, 0.15) is 16.1 Å². The van der Waals surface area contributed by atoms with Crippen molar-refractivity contribution in [3.8, 4) is 11.4 Å². The fraction of sp³-hybridized carbons (Fsp3) is 0.0769. The van der Waals surface area contributed by atoms with Crippen LogP contribution in [-0.4, -0.2) is 20.7 Å². The predicted molar refractivity (Wildman–Crippen MR) is 65.4 cm³/mol. The number of carboxylic acid groups (broad SMARTS) is 1. The molecule has 1 aromatic heterocycles. The Morgan fingerprint density at radius 3 is 2.50 bits per heavy atom. The van der Waals surface area contributed by atoms with Crippen molar-refractivity contribution in [3.63, 3.8) is 0 Å². The number of para-hydroxylation sites is 1. The Morgan fingerprint density at radius 2 is 1.89 bits per heavy atom. The molecular formula is C13H11NO4. The molecule has 0 atom stereocenters. The summed E-state index contributed by atoms with van der Waals surface area (Å²) in [6.45, 7) is 1.78. The van der Waals surface area contributed by atoms with E-state index in [0.717, 1.165) is 22.3 Å². The Kier molecular flexibility index (Phi) is 2.89. The highest BCUT2D eigenvalue weighted by atomic mass is 16.4. The molecule has 5 nitrogen and oxygen atoms in total. The summed E-state index contributed by atoms with van der Waals surface area (Å²) in [7, 11) is 0. The fourth-order valence-electron chi connectivity index (χ4n) is 1.78. The van der Waals surface area contributed by atoms with E-state index >= 15 is 0 Å². The van der Waals surface area contributed by atoms with Gasteiger partial charge in [-0.2, -0.15) is 0 Å². The summed E-state index contributed by atoms with van der Waals surface area (Å²) in [5, 5.41) is 18.4. The number of aromatic carboxylic acids is 1. The van der Waals surface area contributed by atoms with Gasteiger partial charge in [-0.05, 0) is 18.6 Å². The zero-order valence-corrected chi connectivity index (χ0v) is 9.62. The lowest BCUT2D eigenvalue weighted by molar-refractivity contribution is 0.0686. The van der Waals surface area contributed by atoms with E-state index in [4.69, 9.17) is 5.11 Å². The largest absolute Gasteiger partial charge is 0.508 e. The molecular weight excluding hydrogens is 234 g/mol. The Morgan fingerprint density at radius 1 is 1.22 bits per heavy atom. The summed E-state index contributed by atoms with van der Waals surface area (Å²) in [6, 6.07) is 8.98. The van der Waals surface area contributed by atoms with Gasteiger partial charge in [-0.1, -0.05) is 18.2 Å². The van der Waals surface area contributed by atoms with Gasteiger partial charge in [-0.25, -0.2) is 4.79 Å². The maximum Gasteiger partial charge on any atom is 0.353 e. The quantitative estimate of drug-likeness (QED) is 0.841. The highest BCUT2D eigenvalue weighted by Crippen LogP contribution is 2.16. The van der Waals surface area contributed by atoms with Crippen molar-refractivity contribution in [1.82, 2.24) is 4.57 Å². The monoisotopic (exact) mass is 245 g/mol. The highest BCUT2D eigenvalue weighted by molar-refractivity contribution is 5.87. The lowest BCUT2D eigenvalue weighted by Gasteiger charge is -2.12. The number of carboxylic acids is 1. The van der Waals surface area contributed by atoms with Crippen molar-refractivity contribution in [2.24, 2.45) is 0 Å². The van der Waals surface area contributed by atoms with Gasteiger partial charge in [0, 0.05) is 12.1 Å². The molecule has 1 aromatic carbocycles. The highest BCUT2D eigenvalue weighted by Gasteiger charge is 2.15. The number of benzene rings is 1. The molecule has 0 spiro atoms. The number of hydrogen-bond acceptors (Lipinski definition) is 3. The molecule has 0 aliphatic carbocycles. The van der Waals surface area contributed by atoms with Gasteiger partial charge in [0.15, 0.2) is 0 Å². The first kappa shape index (κ1) is 11.9. The minimum absolute atomic E-state index is 0.269. The molecule has 92 valence electrons. The van der Waals surface area contributed by atoms with Crippen LogP contribution >= 0.6 is 0 Å². The lowest BCUT2D eigenvalue weighted by atomic mass is 10.2. The van der Waals surface area contributed by atoms with E-state index in [9.17, 15) is 14.7 Å². The molecule has 0 saturated carbocycles. The average molecular weight is 245 g/mol. The standard InChI is InChI=1S/C13H11NO4/c1-8-4-2-3-5-10(8)14-11(13(17)18)6-9(15)7-12(14)16/h2-7,15H,1H3,(H,17,18). The van der Waals surface area contributed by atoms with Crippen LogP contribution in [0, 0.1) is 6.92 Å². The summed E-state index contributed by atoms with van der Waals surface area (Å²) < 4.78 is 1.07. The van der Waals surface area contributed by atoms with Gasteiger partial charge in [0.25, 0.3) is 5.56 Å². The Labute approximate surface area is 103 Å². The second-order valence-electron chi connectivity index (χ2n) is 3.86. The van der Waals surface area contributed by atoms with E-state index < -0.39 is 11.5 Å². The number of nitrogens with zero attached hydrogens (tertiary/aromatic N) is 1. The van der Waals surface area contributed by atoms with E-state index in [1.54, 1.807) is 31.2 Å². The van der Waals surface area contributed by atoms with Crippen LogP contribution in [0.4, 0.5) is 0 Å². The van der Waals surface area contributed by atoms with Crippen molar-refractivity contribution in [3.05, 3.63) is 58.0 Å². The number of rotatable bonds is 2. The van der Waals surface area contributed by atoms with Crippen molar-refractivity contribution in [2.75, 3.05) is 0 Å². The number of carbonyl (C=O) groups is 1. The summed E-state index contributed by atoms with van der Waals surface area (Å²) in [5.74, 6) is -1.63. The maximum absolute atomic E-state index is 11.9. The molecule has 0 aliphatic rings. The zero-order valence-electron chi connectivity index (χ0n) is 9.62. The van der Waals surface area contributed by atoms with E-state index in [-0.39, 0.29) is 11.4 Å². The zero-order chi connectivity index (χ0) is 13.3. The third kappa shape index (κ3) is 1.98. The van der Waals surface area contributed by atoms with Crippen LogP contribution in [0.2, 0.25) is 0 Å². The molecule has 0 bridgehead atoms. The Balaban J connectivity index is 2.83. The van der Waals surface area contributed by atoms with E-state index in [1.165, 1.54) is 0 Å². The third-order valence-electron chi connectivity index (χ3n) is 2.59. The first-order chi connectivity index (χ1) is 8.50. The molecule has 0 unspecified atom stereocenters. The summed E-state index contributed by atoms with van der Waals surface area (Å²) >= 11 is 0. The third-order valence-corrected chi connectivity index (χ3v) is 2.59. The van der Waals surface area contributed by atoms with E-state index in [0.29, 0.717) is 5.69 Å². The van der Waals surface area contributed by atoms with Crippen LogP contribution in [0.3, 0.4) is 0 Å². The normalized spacial score (nSPS) is 10.3. The van der Waals surface area contributed by atoms with E-state index in [2.05, 4.69) is 0 Å². The summed E-state index contributed by atoms with van der Waals surface area (Å²) in [6.07, 6.45) is 0. The molecule has 0 fully saturated rings. The van der Waals surface area contributed by atoms with Crippen LogP contribution < -0.4 is 5.56 Å². The van der Waals surface area contributed by atoms with Crippen molar-refractivity contribution in [2.45, 2.75) is 6.92 Å². The van der Waals surface area contributed by atoms with Crippen LogP contribution in [-0.2, 0) is 0 Å². The van der Waals surface area contributed by atoms with Crippen LogP contribution in [0.5, 0.6) is 5.75 Å². The molecule has 2 aromatic rings. The summed E-state index contributed by atoms with van der Waals surface area (Å²) in [4.78, 5) is 23.0. The molecule has 0 amide bonds. The number of aromatic hydroxyl groups is 1. The smallest absolute Gasteiger partial charge is 0.353 e. The second-order valence-corrected chi connectivity index (χ2v) is 3.86. The number of aromatic nitrogens is 1. The lowest BCUT2D eigenvalue weighted by Crippen LogP contribution is -2.24. The van der Waals surface area contributed by atoms with Gasteiger partial charge in [-0.3, -0.25) is 9.36 Å². The first-order valence-electron chi connectivity index (χ1n) is 5.26. The molecule has 1 heterocycles. The molecule has 0 radical (unpaired) electrons. The average Bonchev–Trinajstić information content (AvgIpc) is 2.29. The maximum atomic E-state index is 11.9. The minimum Gasteiger partial charge on any atom is -0.508 e. The van der Waals surface area contributed by atoms with Crippen molar-refractivity contribution < 1.29 is 15.0 Å². The molecule has 2 rings (SSSR count). The second kappa shape index (κ2) is 4.37. The topological polar surface area (TPSA) is 79.5 Å². The van der Waals surface area contributed by atoms with Crippen LogP contribution in [0.25, 0.3) is 5.69 Å². The Hall–Kier alpha value is -2.56. The van der Waals surface area contributed by atoms with Crippen LogP contribution in [0.15, 0.2) is 41.2 Å². The minimum atomic E-state index is -1.27.